The van der Waals surface area contributed by atoms with Crippen LogP contribution in [-0.4, -0.2) is 24.8 Å². The van der Waals surface area contributed by atoms with Crippen LogP contribution in [0.15, 0.2) is 12.2 Å². The molecule has 0 aromatic heterocycles. The molecule has 0 bridgehead atoms. The Morgan fingerprint density at radius 1 is 1.29 bits per heavy atom. The van der Waals surface area contributed by atoms with Gasteiger partial charge in [0.25, 0.3) is 0 Å². The molecule has 1 fully saturated rings. The Morgan fingerprint density at radius 2 is 2.00 bits per heavy atom. The molecule has 1 N–H and O–H groups in total. The molecule has 0 saturated heterocycles. The Balaban J connectivity index is 1.88. The van der Waals surface area contributed by atoms with Crippen molar-refractivity contribution in [3.05, 3.63) is 12.2 Å². The van der Waals surface area contributed by atoms with Crippen LogP contribution >= 0.6 is 0 Å². The summed E-state index contributed by atoms with van der Waals surface area (Å²) in [5.41, 5.74) is 0. The predicted molar refractivity (Wildman–Crippen MR) is 67.5 cm³/mol. The number of ether oxygens (including phenoxy) is 1. The number of rotatable bonds is 9. The highest BCUT2D eigenvalue weighted by Crippen LogP contribution is 2.44. The van der Waals surface area contributed by atoms with Gasteiger partial charge >= 0.3 is 5.97 Å². The van der Waals surface area contributed by atoms with Crippen molar-refractivity contribution >= 4 is 5.97 Å². The van der Waals surface area contributed by atoms with Crippen LogP contribution in [0.25, 0.3) is 0 Å². The van der Waals surface area contributed by atoms with Gasteiger partial charge in [-0.3, -0.25) is 4.79 Å². The van der Waals surface area contributed by atoms with E-state index in [2.05, 4.69) is 16.9 Å². The van der Waals surface area contributed by atoms with Crippen LogP contribution in [-0.2, 0) is 9.53 Å². The van der Waals surface area contributed by atoms with Gasteiger partial charge in [0.05, 0.1) is 7.11 Å². The Kier molecular flexibility index (Phi) is 6.94. The van der Waals surface area contributed by atoms with Crippen LogP contribution in [0.5, 0.6) is 0 Å². The van der Waals surface area contributed by atoms with Crippen LogP contribution < -0.4 is 0 Å². The number of aliphatic hydroxyl groups excluding tert-OH is 1. The lowest BCUT2D eigenvalue weighted by Gasteiger charge is -1.96. The molecule has 0 aromatic rings. The van der Waals surface area contributed by atoms with E-state index in [0.29, 0.717) is 13.0 Å². The zero-order valence-corrected chi connectivity index (χ0v) is 10.7. The summed E-state index contributed by atoms with van der Waals surface area (Å²) in [5.74, 6) is 1.51. The molecule has 2 atom stereocenters. The van der Waals surface area contributed by atoms with Crippen LogP contribution in [0.1, 0.15) is 44.9 Å². The lowest BCUT2D eigenvalue weighted by molar-refractivity contribution is -0.140. The van der Waals surface area contributed by atoms with Gasteiger partial charge in [-0.1, -0.05) is 12.2 Å². The van der Waals surface area contributed by atoms with E-state index in [1.165, 1.54) is 20.0 Å². The fourth-order valence-electron chi connectivity index (χ4n) is 2.20. The third-order valence-electron chi connectivity index (χ3n) is 3.42. The van der Waals surface area contributed by atoms with Gasteiger partial charge in [-0.05, 0) is 50.4 Å². The maximum atomic E-state index is 10.8. The lowest BCUT2D eigenvalue weighted by Crippen LogP contribution is -1.98. The van der Waals surface area contributed by atoms with Gasteiger partial charge in [0.2, 0.25) is 0 Å². The van der Waals surface area contributed by atoms with Crippen molar-refractivity contribution in [2.75, 3.05) is 13.7 Å². The molecule has 1 rings (SSSR count). The number of allylic oxidation sites excluding steroid dienone is 2. The highest BCUT2D eigenvalue weighted by atomic mass is 16.5. The van der Waals surface area contributed by atoms with Crippen molar-refractivity contribution in [1.82, 2.24) is 0 Å². The second-order valence-corrected chi connectivity index (χ2v) is 4.79. The molecular weight excluding hydrogens is 216 g/mol. The summed E-state index contributed by atoms with van der Waals surface area (Å²) in [6, 6.07) is 0. The van der Waals surface area contributed by atoms with Crippen LogP contribution in [0, 0.1) is 11.8 Å². The third kappa shape index (κ3) is 6.47. The second kappa shape index (κ2) is 8.29. The molecule has 3 nitrogen and oxygen atoms in total. The highest BCUT2D eigenvalue weighted by Gasteiger charge is 2.34. The Morgan fingerprint density at radius 3 is 2.71 bits per heavy atom. The zero-order chi connectivity index (χ0) is 12.5. The number of unbranched alkanes of at least 4 members (excludes halogenated alkanes) is 1. The molecule has 0 radical (unpaired) electrons. The first-order chi connectivity index (χ1) is 8.27. The topological polar surface area (TPSA) is 46.5 Å². The van der Waals surface area contributed by atoms with Crippen molar-refractivity contribution in [2.45, 2.75) is 44.9 Å². The zero-order valence-electron chi connectivity index (χ0n) is 10.7. The van der Waals surface area contributed by atoms with Crippen LogP contribution in [0.4, 0.5) is 0 Å². The van der Waals surface area contributed by atoms with Gasteiger partial charge in [0.15, 0.2) is 0 Å². The monoisotopic (exact) mass is 240 g/mol. The van der Waals surface area contributed by atoms with Crippen molar-refractivity contribution < 1.29 is 14.6 Å². The molecule has 17 heavy (non-hydrogen) atoms. The van der Waals surface area contributed by atoms with Gasteiger partial charge in [-0.2, -0.15) is 0 Å². The minimum absolute atomic E-state index is 0.122. The van der Waals surface area contributed by atoms with E-state index >= 15 is 0 Å². The van der Waals surface area contributed by atoms with Gasteiger partial charge in [-0.15, -0.1) is 0 Å². The maximum absolute atomic E-state index is 10.8. The normalized spacial score (nSPS) is 22.9. The van der Waals surface area contributed by atoms with Crippen LogP contribution in [0.2, 0.25) is 0 Å². The van der Waals surface area contributed by atoms with E-state index < -0.39 is 0 Å². The SMILES string of the molecule is COC(=O)CCC/C=C/CCC1CC1CCO. The first kappa shape index (κ1) is 14.2. The first-order valence-corrected chi connectivity index (χ1v) is 6.60. The largest absolute Gasteiger partial charge is 0.469 e. The molecule has 0 amide bonds. The number of hydrogen-bond acceptors (Lipinski definition) is 3. The Hall–Kier alpha value is -0.830. The smallest absolute Gasteiger partial charge is 0.305 e. The fourth-order valence-corrected chi connectivity index (χ4v) is 2.20. The van der Waals surface area contributed by atoms with Crippen molar-refractivity contribution in [3.63, 3.8) is 0 Å². The molecule has 0 heterocycles. The average molecular weight is 240 g/mol. The Labute approximate surface area is 104 Å². The summed E-state index contributed by atoms with van der Waals surface area (Å²) in [6.07, 6.45) is 11.4. The van der Waals surface area contributed by atoms with E-state index in [0.717, 1.165) is 37.5 Å². The van der Waals surface area contributed by atoms with Gasteiger partial charge < -0.3 is 9.84 Å². The summed E-state index contributed by atoms with van der Waals surface area (Å²) in [5, 5.41) is 8.78. The summed E-state index contributed by atoms with van der Waals surface area (Å²) in [6.45, 7) is 0.338. The van der Waals surface area contributed by atoms with E-state index in [1.807, 2.05) is 0 Å². The highest BCUT2D eigenvalue weighted by molar-refractivity contribution is 5.68. The minimum atomic E-state index is -0.122. The van der Waals surface area contributed by atoms with Crippen molar-refractivity contribution in [3.8, 4) is 0 Å². The first-order valence-electron chi connectivity index (χ1n) is 6.60. The fraction of sp³-hybridized carbons (Fsp3) is 0.786. The molecule has 98 valence electrons. The molecule has 3 heteroatoms. The number of aliphatic hydroxyl groups is 1. The van der Waals surface area contributed by atoms with E-state index in [4.69, 9.17) is 5.11 Å². The molecule has 0 spiro atoms. The third-order valence-corrected chi connectivity index (χ3v) is 3.42. The minimum Gasteiger partial charge on any atom is -0.469 e. The standard InChI is InChI=1S/C14H24O3/c1-17-14(16)8-6-4-2-3-5-7-12-11-13(12)9-10-15/h2-3,12-13,15H,4-11H2,1H3/b3-2+. The average Bonchev–Trinajstić information content (AvgIpc) is 3.06. The van der Waals surface area contributed by atoms with Crippen LogP contribution in [0.3, 0.4) is 0 Å². The molecule has 1 aliphatic rings. The van der Waals surface area contributed by atoms with Gasteiger partial charge in [0, 0.05) is 13.0 Å². The van der Waals surface area contributed by atoms with E-state index in [1.54, 1.807) is 0 Å². The van der Waals surface area contributed by atoms with Crippen molar-refractivity contribution in [2.24, 2.45) is 11.8 Å². The molecule has 2 unspecified atom stereocenters. The predicted octanol–water partition coefficient (Wildman–Crippen LogP) is 2.68. The van der Waals surface area contributed by atoms with Gasteiger partial charge in [-0.25, -0.2) is 0 Å². The quantitative estimate of drug-likeness (QED) is 0.383. The number of carbonyl (C=O) groups excluding carboxylic acids is 1. The molecule has 0 aromatic carbocycles. The number of carbonyl (C=O) groups is 1. The summed E-state index contributed by atoms with van der Waals surface area (Å²) in [7, 11) is 1.43. The second-order valence-electron chi connectivity index (χ2n) is 4.79. The molecule has 1 aliphatic carbocycles. The Bertz CT molecular complexity index is 248. The lowest BCUT2D eigenvalue weighted by atomic mass is 10.1. The maximum Gasteiger partial charge on any atom is 0.305 e. The molecule has 0 aliphatic heterocycles. The van der Waals surface area contributed by atoms with Crippen molar-refractivity contribution in [1.29, 1.82) is 0 Å². The number of hydrogen-bond donors (Lipinski definition) is 1. The molecular formula is C14H24O3. The number of esters is 1. The summed E-state index contributed by atoms with van der Waals surface area (Å²) >= 11 is 0. The van der Waals surface area contributed by atoms with E-state index in [-0.39, 0.29) is 5.97 Å². The number of methoxy groups -OCH3 is 1. The molecule has 1 saturated carbocycles. The summed E-state index contributed by atoms with van der Waals surface area (Å²) in [4.78, 5) is 10.8. The summed E-state index contributed by atoms with van der Waals surface area (Å²) < 4.78 is 4.57. The van der Waals surface area contributed by atoms with Gasteiger partial charge in [0.1, 0.15) is 0 Å². The van der Waals surface area contributed by atoms with E-state index in [9.17, 15) is 4.79 Å².